The summed E-state index contributed by atoms with van der Waals surface area (Å²) in [6.07, 6.45) is 0.244. The SMILES string of the molecule is COCCOCCOCCOCCOCCOCCOCCOCCOCCOCCOCCOCCOCCC(=O)OC. The van der Waals surface area contributed by atoms with Crippen molar-refractivity contribution in [3.05, 3.63) is 0 Å². The topological polar surface area (TPSA) is 146 Å². The molecule has 0 spiro atoms. The second-order valence-corrected chi connectivity index (χ2v) is 8.67. The van der Waals surface area contributed by atoms with Crippen LogP contribution >= 0.6 is 0 Å². The van der Waals surface area contributed by atoms with Crippen molar-refractivity contribution >= 4 is 5.97 Å². The lowest BCUT2D eigenvalue weighted by Crippen LogP contribution is -2.15. The predicted molar refractivity (Wildman–Crippen MR) is 158 cm³/mol. The molecule has 0 unspecified atom stereocenters. The van der Waals surface area contributed by atoms with Gasteiger partial charge in [0.15, 0.2) is 0 Å². The molecular weight excluding hydrogens is 588 g/mol. The molecule has 0 bridgehead atoms. The van der Waals surface area contributed by atoms with E-state index >= 15 is 0 Å². The molecule has 44 heavy (non-hydrogen) atoms. The highest BCUT2D eigenvalue weighted by Crippen LogP contribution is 1.89. The number of hydrogen-bond acceptors (Lipinski definition) is 15. The summed E-state index contributed by atoms with van der Waals surface area (Å²) in [6.45, 7) is 12.5. The summed E-state index contributed by atoms with van der Waals surface area (Å²) in [5.74, 6) is -0.286. The maximum atomic E-state index is 10.9. The van der Waals surface area contributed by atoms with Gasteiger partial charge in [0.25, 0.3) is 0 Å². The lowest BCUT2D eigenvalue weighted by atomic mass is 10.5. The van der Waals surface area contributed by atoms with E-state index in [-0.39, 0.29) is 12.4 Å². The number of ether oxygens (including phenoxy) is 14. The molecule has 0 saturated carbocycles. The Morgan fingerprint density at radius 3 is 0.659 bits per heavy atom. The summed E-state index contributed by atoms with van der Waals surface area (Å²) < 4.78 is 74.3. The van der Waals surface area contributed by atoms with Crippen LogP contribution in [-0.2, 0) is 71.1 Å². The molecule has 0 saturated heterocycles. The van der Waals surface area contributed by atoms with Crippen molar-refractivity contribution in [2.24, 2.45) is 0 Å². The van der Waals surface area contributed by atoms with Crippen LogP contribution in [0.4, 0.5) is 0 Å². The van der Waals surface area contributed by atoms with Gasteiger partial charge in [0.2, 0.25) is 0 Å². The first kappa shape index (κ1) is 43.0. The third-order valence-corrected chi connectivity index (χ3v) is 5.20. The molecule has 0 aliphatic carbocycles. The Morgan fingerprint density at radius 1 is 0.295 bits per heavy atom. The quantitative estimate of drug-likeness (QED) is 0.0670. The van der Waals surface area contributed by atoms with Crippen molar-refractivity contribution in [1.82, 2.24) is 0 Å². The minimum atomic E-state index is -0.286. The predicted octanol–water partition coefficient (Wildman–Crippen LogP) is 0.395. The summed E-state index contributed by atoms with van der Waals surface area (Å²) in [5.41, 5.74) is 0. The molecule has 0 fully saturated rings. The zero-order chi connectivity index (χ0) is 31.9. The van der Waals surface area contributed by atoms with E-state index in [1.807, 2.05) is 0 Å². The van der Waals surface area contributed by atoms with Crippen molar-refractivity contribution in [3.8, 4) is 0 Å². The monoisotopic (exact) mass is 646 g/mol. The Balaban J connectivity index is 3.04. The molecule has 0 N–H and O–H groups in total. The molecule has 0 aromatic heterocycles. The van der Waals surface area contributed by atoms with E-state index in [1.165, 1.54) is 7.11 Å². The number of methoxy groups -OCH3 is 2. The Hall–Kier alpha value is -1.05. The molecule has 0 amide bonds. The first-order chi connectivity index (χ1) is 21.8. The molecule has 0 radical (unpaired) electrons. The number of esters is 1. The van der Waals surface area contributed by atoms with E-state index < -0.39 is 0 Å². The van der Waals surface area contributed by atoms with E-state index in [2.05, 4.69) is 4.74 Å². The third kappa shape index (κ3) is 39.0. The number of carbonyl (C=O) groups is 1. The Labute approximate surface area is 263 Å². The first-order valence-electron chi connectivity index (χ1n) is 15.3. The lowest BCUT2D eigenvalue weighted by molar-refractivity contribution is -0.141. The van der Waals surface area contributed by atoms with E-state index in [9.17, 15) is 4.79 Å². The smallest absolute Gasteiger partial charge is 0.307 e. The zero-order valence-corrected chi connectivity index (χ0v) is 27.0. The van der Waals surface area contributed by atoms with Crippen molar-refractivity contribution in [2.45, 2.75) is 6.42 Å². The largest absolute Gasteiger partial charge is 0.469 e. The fraction of sp³-hybridized carbons (Fsp3) is 0.966. The van der Waals surface area contributed by atoms with Crippen LogP contribution in [0.5, 0.6) is 0 Å². The van der Waals surface area contributed by atoms with Crippen molar-refractivity contribution in [3.63, 3.8) is 0 Å². The van der Waals surface area contributed by atoms with Crippen LogP contribution in [0, 0.1) is 0 Å². The fourth-order valence-electron chi connectivity index (χ4n) is 2.92. The molecule has 15 heteroatoms. The number of rotatable bonds is 39. The first-order valence-corrected chi connectivity index (χ1v) is 15.3. The minimum absolute atomic E-state index is 0.244. The van der Waals surface area contributed by atoms with E-state index in [4.69, 9.17) is 61.6 Å². The molecule has 0 aliphatic rings. The van der Waals surface area contributed by atoms with Gasteiger partial charge in [-0.05, 0) is 0 Å². The van der Waals surface area contributed by atoms with Gasteiger partial charge >= 0.3 is 5.97 Å². The molecule has 0 aromatic carbocycles. The van der Waals surface area contributed by atoms with Gasteiger partial charge in [-0.1, -0.05) is 0 Å². The van der Waals surface area contributed by atoms with Crippen LogP contribution in [0.3, 0.4) is 0 Å². The Kier molecular flexibility index (Phi) is 39.0. The van der Waals surface area contributed by atoms with Gasteiger partial charge < -0.3 is 66.3 Å². The van der Waals surface area contributed by atoms with Gasteiger partial charge in [-0.15, -0.1) is 0 Å². The second-order valence-electron chi connectivity index (χ2n) is 8.67. The molecule has 0 aliphatic heterocycles. The number of hydrogen-bond donors (Lipinski definition) is 0. The minimum Gasteiger partial charge on any atom is -0.469 e. The van der Waals surface area contributed by atoms with Gasteiger partial charge in [-0.3, -0.25) is 4.79 Å². The molecule has 0 atom stereocenters. The van der Waals surface area contributed by atoms with Crippen LogP contribution in [0.25, 0.3) is 0 Å². The van der Waals surface area contributed by atoms with Gasteiger partial charge in [0.05, 0.1) is 179 Å². The lowest BCUT2D eigenvalue weighted by Gasteiger charge is -2.09. The van der Waals surface area contributed by atoms with Crippen LogP contribution in [0.1, 0.15) is 6.42 Å². The van der Waals surface area contributed by atoms with Crippen molar-refractivity contribution in [1.29, 1.82) is 0 Å². The second kappa shape index (κ2) is 40.0. The van der Waals surface area contributed by atoms with Crippen LogP contribution in [0.2, 0.25) is 0 Å². The Bertz CT molecular complexity index is 545. The van der Waals surface area contributed by atoms with Crippen LogP contribution in [0.15, 0.2) is 0 Å². The maximum absolute atomic E-state index is 10.9. The summed E-state index contributed by atoms with van der Waals surface area (Å²) in [7, 11) is 2.99. The molecule has 264 valence electrons. The average molecular weight is 647 g/mol. The summed E-state index contributed by atoms with van der Waals surface area (Å²) >= 11 is 0. The summed E-state index contributed by atoms with van der Waals surface area (Å²) in [6, 6.07) is 0. The van der Waals surface area contributed by atoms with E-state index in [0.717, 1.165) is 0 Å². The standard InChI is InChI=1S/C29H58O15/c1-31-5-6-34-9-10-36-13-14-38-17-18-40-21-22-42-25-26-44-28-27-43-24-23-41-20-19-39-16-15-37-12-11-35-8-7-33-4-3-29(30)32-2/h3-28H2,1-2H3. The zero-order valence-electron chi connectivity index (χ0n) is 27.0. The molecule has 0 aromatic rings. The highest BCUT2D eigenvalue weighted by atomic mass is 16.6. The third-order valence-electron chi connectivity index (χ3n) is 5.20. The highest BCUT2D eigenvalue weighted by molar-refractivity contribution is 5.69. The molecular formula is C29H58O15. The molecule has 0 rings (SSSR count). The molecule has 15 nitrogen and oxygen atoms in total. The normalized spacial score (nSPS) is 11.4. The fourth-order valence-corrected chi connectivity index (χ4v) is 2.92. The van der Waals surface area contributed by atoms with Crippen molar-refractivity contribution in [2.75, 3.05) is 179 Å². The summed E-state index contributed by atoms with van der Waals surface area (Å²) in [5, 5.41) is 0. The van der Waals surface area contributed by atoms with Gasteiger partial charge in [0, 0.05) is 7.11 Å². The molecule has 0 heterocycles. The summed E-state index contributed by atoms with van der Waals surface area (Å²) in [4.78, 5) is 10.9. The average Bonchev–Trinajstić information content (AvgIpc) is 3.04. The maximum Gasteiger partial charge on any atom is 0.307 e. The highest BCUT2D eigenvalue weighted by Gasteiger charge is 1.99. The van der Waals surface area contributed by atoms with E-state index in [0.29, 0.717) is 165 Å². The van der Waals surface area contributed by atoms with Gasteiger partial charge in [-0.2, -0.15) is 0 Å². The van der Waals surface area contributed by atoms with Crippen LogP contribution in [-0.4, -0.2) is 185 Å². The van der Waals surface area contributed by atoms with E-state index in [1.54, 1.807) is 7.11 Å². The van der Waals surface area contributed by atoms with Gasteiger partial charge in [-0.25, -0.2) is 0 Å². The van der Waals surface area contributed by atoms with Crippen LogP contribution < -0.4 is 0 Å². The van der Waals surface area contributed by atoms with Gasteiger partial charge in [0.1, 0.15) is 0 Å². The van der Waals surface area contributed by atoms with Crippen molar-refractivity contribution < 1.29 is 71.1 Å². The number of carbonyl (C=O) groups excluding carboxylic acids is 1. The Morgan fingerprint density at radius 2 is 0.477 bits per heavy atom.